The number of carbonyl (C=O) groups excluding carboxylic acids is 1. The minimum absolute atomic E-state index is 0.302. The zero-order chi connectivity index (χ0) is 17.8. The number of methoxy groups -OCH3 is 1. The van der Waals surface area contributed by atoms with Crippen molar-refractivity contribution in [3.8, 4) is 0 Å². The quantitative estimate of drug-likeness (QED) is 0.654. The summed E-state index contributed by atoms with van der Waals surface area (Å²) in [6.07, 6.45) is 9.55. The molecule has 2 aromatic carbocycles. The molecule has 1 unspecified atom stereocenters. The molecule has 0 saturated heterocycles. The fraction of sp³-hybridized carbons (Fsp3) is 0.227. The summed E-state index contributed by atoms with van der Waals surface area (Å²) >= 11 is 0. The molecule has 1 atom stereocenters. The number of nitrogens with one attached hydrogen (secondary N) is 1. The van der Waals surface area contributed by atoms with E-state index in [1.54, 1.807) is 0 Å². The van der Waals surface area contributed by atoms with Gasteiger partial charge in [0.1, 0.15) is 0 Å². The summed E-state index contributed by atoms with van der Waals surface area (Å²) in [5, 5.41) is 5.58. The van der Waals surface area contributed by atoms with Gasteiger partial charge < -0.3 is 10.1 Å². The molecule has 1 N–H and O–H groups in total. The highest BCUT2D eigenvalue weighted by Crippen LogP contribution is 2.29. The average molecular weight is 333 g/mol. The maximum Gasteiger partial charge on any atom is 0.338 e. The molecular weight excluding hydrogens is 310 g/mol. The van der Waals surface area contributed by atoms with Gasteiger partial charge in [0, 0.05) is 12.2 Å². The minimum Gasteiger partial charge on any atom is -0.465 e. The van der Waals surface area contributed by atoms with E-state index in [1.807, 2.05) is 24.3 Å². The molecule has 1 aliphatic rings. The maximum atomic E-state index is 12.3. The standard InChI is InChI=1S/C22H23NO2/c1-4-7-19-20-9-6-5-8-18(20)17(13-21(19)22(24)25-3)12-16-11-10-15(2)23-14-16/h4-6,8-11,13-15,23H,1,7,12H2,2-3H3. The van der Waals surface area contributed by atoms with Crippen LogP contribution in [0.4, 0.5) is 0 Å². The first-order valence-electron chi connectivity index (χ1n) is 8.50. The molecule has 0 aromatic heterocycles. The number of hydrogen-bond donors (Lipinski definition) is 1. The largest absolute Gasteiger partial charge is 0.465 e. The number of esters is 1. The first kappa shape index (κ1) is 17.0. The third-order valence-corrected chi connectivity index (χ3v) is 4.52. The van der Waals surface area contributed by atoms with Crippen LogP contribution in [0, 0.1) is 0 Å². The van der Waals surface area contributed by atoms with Gasteiger partial charge in [-0.2, -0.15) is 0 Å². The van der Waals surface area contributed by atoms with Gasteiger partial charge in [-0.05, 0) is 53.3 Å². The highest BCUT2D eigenvalue weighted by atomic mass is 16.5. The van der Waals surface area contributed by atoms with Crippen LogP contribution in [0.3, 0.4) is 0 Å². The van der Waals surface area contributed by atoms with E-state index in [-0.39, 0.29) is 5.97 Å². The van der Waals surface area contributed by atoms with Crippen molar-refractivity contribution in [1.29, 1.82) is 0 Å². The fourth-order valence-electron chi connectivity index (χ4n) is 3.25. The Balaban J connectivity index is 2.15. The SMILES string of the molecule is C=CCc1c(C(=O)OC)cc(CC2=CNC(C)C=C2)c2ccccc12. The third-order valence-electron chi connectivity index (χ3n) is 4.52. The fourth-order valence-corrected chi connectivity index (χ4v) is 3.25. The summed E-state index contributed by atoms with van der Waals surface area (Å²) in [7, 11) is 1.42. The Labute approximate surface area is 148 Å². The van der Waals surface area contributed by atoms with Crippen molar-refractivity contribution in [1.82, 2.24) is 5.32 Å². The number of rotatable bonds is 5. The van der Waals surface area contributed by atoms with Gasteiger partial charge in [0.15, 0.2) is 0 Å². The maximum absolute atomic E-state index is 12.3. The predicted molar refractivity (Wildman–Crippen MR) is 103 cm³/mol. The van der Waals surface area contributed by atoms with Crippen molar-refractivity contribution in [2.24, 2.45) is 0 Å². The lowest BCUT2D eigenvalue weighted by atomic mass is 9.90. The third kappa shape index (κ3) is 3.50. The van der Waals surface area contributed by atoms with E-state index < -0.39 is 0 Å². The minimum atomic E-state index is -0.302. The molecule has 0 bridgehead atoms. The summed E-state index contributed by atoms with van der Waals surface area (Å²) in [5.41, 5.74) is 3.91. The monoisotopic (exact) mass is 333 g/mol. The molecule has 3 heteroatoms. The van der Waals surface area contributed by atoms with E-state index in [9.17, 15) is 4.79 Å². The Hall–Kier alpha value is -2.81. The normalized spacial score (nSPS) is 16.2. The van der Waals surface area contributed by atoms with E-state index in [1.165, 1.54) is 18.1 Å². The van der Waals surface area contributed by atoms with Gasteiger partial charge in [-0.3, -0.25) is 0 Å². The number of fused-ring (bicyclic) bond motifs is 1. The van der Waals surface area contributed by atoms with E-state index >= 15 is 0 Å². The van der Waals surface area contributed by atoms with Crippen molar-refractivity contribution in [3.05, 3.63) is 83.6 Å². The molecule has 3 nitrogen and oxygen atoms in total. The van der Waals surface area contributed by atoms with Crippen LogP contribution in [0.5, 0.6) is 0 Å². The smallest absolute Gasteiger partial charge is 0.338 e. The molecule has 0 spiro atoms. The number of ether oxygens (including phenoxy) is 1. The van der Waals surface area contributed by atoms with Gasteiger partial charge in [-0.1, -0.05) is 42.5 Å². The molecular formula is C22H23NO2. The summed E-state index contributed by atoms with van der Waals surface area (Å²) < 4.78 is 5.02. The van der Waals surface area contributed by atoms with Gasteiger partial charge in [-0.25, -0.2) is 4.79 Å². The Morgan fingerprint density at radius 3 is 2.72 bits per heavy atom. The summed E-state index contributed by atoms with van der Waals surface area (Å²) in [5.74, 6) is -0.302. The lowest BCUT2D eigenvalue weighted by molar-refractivity contribution is 0.0600. The molecule has 0 amide bonds. The van der Waals surface area contributed by atoms with Crippen LogP contribution in [0.2, 0.25) is 0 Å². The van der Waals surface area contributed by atoms with Crippen molar-refractivity contribution in [3.63, 3.8) is 0 Å². The molecule has 0 fully saturated rings. The predicted octanol–water partition coefficient (Wildman–Crippen LogP) is 4.33. The first-order chi connectivity index (χ1) is 12.1. The second-order valence-corrected chi connectivity index (χ2v) is 6.30. The summed E-state index contributed by atoms with van der Waals surface area (Å²) in [6.45, 7) is 5.94. The molecule has 1 heterocycles. The Kier molecular flexibility index (Phi) is 5.03. The number of hydrogen-bond acceptors (Lipinski definition) is 3. The van der Waals surface area contributed by atoms with Crippen molar-refractivity contribution >= 4 is 16.7 Å². The Bertz CT molecular complexity index is 877. The van der Waals surface area contributed by atoms with E-state index in [0.717, 1.165) is 22.9 Å². The first-order valence-corrected chi connectivity index (χ1v) is 8.50. The molecule has 3 rings (SSSR count). The number of benzene rings is 2. The van der Waals surface area contributed by atoms with Crippen molar-refractivity contribution in [2.45, 2.75) is 25.8 Å². The van der Waals surface area contributed by atoms with Crippen LogP contribution >= 0.6 is 0 Å². The zero-order valence-corrected chi connectivity index (χ0v) is 14.7. The molecule has 0 saturated carbocycles. The van der Waals surface area contributed by atoms with Crippen LogP contribution in [0.1, 0.15) is 28.4 Å². The topological polar surface area (TPSA) is 38.3 Å². The highest BCUT2D eigenvalue weighted by Gasteiger charge is 2.17. The molecule has 0 aliphatic carbocycles. The van der Waals surface area contributed by atoms with Crippen molar-refractivity contribution < 1.29 is 9.53 Å². The van der Waals surface area contributed by atoms with Crippen LogP contribution in [-0.4, -0.2) is 19.1 Å². The van der Waals surface area contributed by atoms with Crippen molar-refractivity contribution in [2.75, 3.05) is 7.11 Å². The lowest BCUT2D eigenvalue weighted by Gasteiger charge is -2.18. The van der Waals surface area contributed by atoms with Gasteiger partial charge >= 0.3 is 5.97 Å². The molecule has 25 heavy (non-hydrogen) atoms. The summed E-state index contributed by atoms with van der Waals surface area (Å²) in [4.78, 5) is 12.3. The number of carbonyl (C=O) groups is 1. The van der Waals surface area contributed by atoms with Gasteiger partial charge in [0.05, 0.1) is 12.7 Å². The average Bonchev–Trinajstić information content (AvgIpc) is 2.64. The van der Waals surface area contributed by atoms with Crippen LogP contribution in [0.25, 0.3) is 10.8 Å². The molecule has 2 aromatic rings. The van der Waals surface area contributed by atoms with Gasteiger partial charge in [0.25, 0.3) is 0 Å². The van der Waals surface area contributed by atoms with E-state index in [2.05, 4.69) is 49.3 Å². The Morgan fingerprint density at radius 1 is 1.32 bits per heavy atom. The number of dihydropyridines is 1. The summed E-state index contributed by atoms with van der Waals surface area (Å²) in [6, 6.07) is 10.5. The lowest BCUT2D eigenvalue weighted by Crippen LogP contribution is -2.21. The second kappa shape index (κ2) is 7.39. The van der Waals surface area contributed by atoms with E-state index in [4.69, 9.17) is 4.74 Å². The molecule has 128 valence electrons. The second-order valence-electron chi connectivity index (χ2n) is 6.30. The molecule has 0 radical (unpaired) electrons. The van der Waals surface area contributed by atoms with Gasteiger partial charge in [-0.15, -0.1) is 6.58 Å². The van der Waals surface area contributed by atoms with Crippen LogP contribution < -0.4 is 5.32 Å². The van der Waals surface area contributed by atoms with Crippen LogP contribution in [0.15, 0.2) is 66.9 Å². The van der Waals surface area contributed by atoms with E-state index in [0.29, 0.717) is 18.0 Å². The van der Waals surface area contributed by atoms with Gasteiger partial charge in [0.2, 0.25) is 0 Å². The zero-order valence-electron chi connectivity index (χ0n) is 14.7. The highest BCUT2D eigenvalue weighted by molar-refractivity contribution is 6.00. The van der Waals surface area contributed by atoms with Crippen LogP contribution in [-0.2, 0) is 17.6 Å². The number of allylic oxidation sites excluding steroid dienone is 3. The Morgan fingerprint density at radius 2 is 2.08 bits per heavy atom. The molecule has 1 aliphatic heterocycles.